The van der Waals surface area contributed by atoms with E-state index in [1.165, 1.54) is 0 Å². The molecule has 0 unspecified atom stereocenters. The fraction of sp³-hybridized carbons (Fsp3) is 0.579. The molecule has 0 radical (unpaired) electrons. The normalized spacial score (nSPS) is 20.1. The lowest BCUT2D eigenvalue weighted by molar-refractivity contribution is 0.132. The molecule has 0 spiro atoms. The van der Waals surface area contributed by atoms with Gasteiger partial charge in [-0.1, -0.05) is 29.3 Å². The SMILES string of the molecule is CCC[C@H](c1nc2ccc(Br)cc2c(=O)n1CC)N1CCN[C@H](C)C1. The molecule has 0 saturated carbocycles. The number of hydrogen-bond donors (Lipinski definition) is 1. The first-order valence-corrected chi connectivity index (χ1v) is 10.0. The Morgan fingerprint density at radius 1 is 1.40 bits per heavy atom. The van der Waals surface area contributed by atoms with Gasteiger partial charge in [0.1, 0.15) is 5.82 Å². The quantitative estimate of drug-likeness (QED) is 0.827. The molecule has 2 atom stereocenters. The van der Waals surface area contributed by atoms with Gasteiger partial charge >= 0.3 is 0 Å². The maximum Gasteiger partial charge on any atom is 0.261 e. The second kappa shape index (κ2) is 7.98. The standard InChI is InChI=1S/C19H27BrN4O/c1-4-6-17(23-10-9-21-13(3)12-23)18-22-16-8-7-14(20)11-15(16)19(25)24(18)5-2/h7-8,11,13,17,21H,4-6,9-10,12H2,1-3H3/t13-,17-/m1/s1. The van der Waals surface area contributed by atoms with Crippen molar-refractivity contribution in [1.82, 2.24) is 19.8 Å². The molecule has 1 aromatic heterocycles. The lowest BCUT2D eigenvalue weighted by Crippen LogP contribution is -2.51. The lowest BCUT2D eigenvalue weighted by atomic mass is 10.1. The van der Waals surface area contributed by atoms with Gasteiger partial charge in [-0.2, -0.15) is 0 Å². The van der Waals surface area contributed by atoms with Crippen molar-refractivity contribution in [3.63, 3.8) is 0 Å². The monoisotopic (exact) mass is 406 g/mol. The fourth-order valence-electron chi connectivity index (χ4n) is 3.76. The van der Waals surface area contributed by atoms with Crippen molar-refractivity contribution in [2.75, 3.05) is 19.6 Å². The van der Waals surface area contributed by atoms with E-state index >= 15 is 0 Å². The van der Waals surface area contributed by atoms with Crippen LogP contribution in [0.5, 0.6) is 0 Å². The molecule has 1 N–H and O–H groups in total. The third-order valence-corrected chi connectivity index (χ3v) is 5.46. The fourth-order valence-corrected chi connectivity index (χ4v) is 4.12. The van der Waals surface area contributed by atoms with Crippen molar-refractivity contribution < 1.29 is 0 Å². The second-order valence-corrected chi connectivity index (χ2v) is 7.75. The Morgan fingerprint density at radius 3 is 2.88 bits per heavy atom. The highest BCUT2D eigenvalue weighted by Crippen LogP contribution is 2.27. The first-order valence-electron chi connectivity index (χ1n) is 9.22. The Balaban J connectivity index is 2.13. The van der Waals surface area contributed by atoms with Crippen molar-refractivity contribution in [2.24, 2.45) is 0 Å². The van der Waals surface area contributed by atoms with Gasteiger partial charge in [0.2, 0.25) is 0 Å². The molecule has 25 heavy (non-hydrogen) atoms. The number of halogens is 1. The Labute approximate surface area is 157 Å². The van der Waals surface area contributed by atoms with Crippen LogP contribution in [0, 0.1) is 0 Å². The van der Waals surface area contributed by atoms with E-state index in [1.807, 2.05) is 29.7 Å². The highest BCUT2D eigenvalue weighted by molar-refractivity contribution is 9.10. The van der Waals surface area contributed by atoms with Crippen LogP contribution in [-0.2, 0) is 6.54 Å². The molecule has 3 rings (SSSR count). The summed E-state index contributed by atoms with van der Waals surface area (Å²) in [6.07, 6.45) is 2.09. The summed E-state index contributed by atoms with van der Waals surface area (Å²) >= 11 is 3.46. The molecule has 5 nitrogen and oxygen atoms in total. The Bertz CT molecular complexity index is 804. The van der Waals surface area contributed by atoms with E-state index in [4.69, 9.17) is 4.98 Å². The van der Waals surface area contributed by atoms with Gasteiger partial charge in [-0.15, -0.1) is 0 Å². The summed E-state index contributed by atoms with van der Waals surface area (Å²) in [5.74, 6) is 0.915. The van der Waals surface area contributed by atoms with Crippen molar-refractivity contribution in [1.29, 1.82) is 0 Å². The second-order valence-electron chi connectivity index (χ2n) is 6.84. The third kappa shape index (κ3) is 3.81. The number of piperazine rings is 1. The van der Waals surface area contributed by atoms with Crippen LogP contribution in [-0.4, -0.2) is 40.1 Å². The molecule has 1 aromatic carbocycles. The van der Waals surface area contributed by atoms with Crippen molar-refractivity contribution >= 4 is 26.8 Å². The largest absolute Gasteiger partial charge is 0.312 e. The van der Waals surface area contributed by atoms with Crippen LogP contribution in [0.15, 0.2) is 27.5 Å². The topological polar surface area (TPSA) is 50.2 Å². The number of aromatic nitrogens is 2. The molecule has 1 saturated heterocycles. The average Bonchev–Trinajstić information content (AvgIpc) is 2.60. The minimum Gasteiger partial charge on any atom is -0.312 e. The van der Waals surface area contributed by atoms with Gasteiger partial charge in [-0.05, 0) is 38.5 Å². The van der Waals surface area contributed by atoms with E-state index < -0.39 is 0 Å². The summed E-state index contributed by atoms with van der Waals surface area (Å²) in [6.45, 7) is 10.1. The van der Waals surface area contributed by atoms with Gasteiger partial charge in [0.15, 0.2) is 0 Å². The van der Waals surface area contributed by atoms with Gasteiger partial charge in [-0.25, -0.2) is 4.98 Å². The number of rotatable bonds is 5. The molecule has 2 heterocycles. The number of nitrogens with one attached hydrogen (secondary N) is 1. The first-order chi connectivity index (χ1) is 12.0. The molecule has 1 fully saturated rings. The highest BCUT2D eigenvalue weighted by atomic mass is 79.9. The van der Waals surface area contributed by atoms with Crippen LogP contribution < -0.4 is 10.9 Å². The van der Waals surface area contributed by atoms with Crippen molar-refractivity contribution in [3.8, 4) is 0 Å². The minimum absolute atomic E-state index is 0.0630. The maximum atomic E-state index is 13.1. The molecule has 0 aliphatic carbocycles. The number of benzene rings is 1. The van der Waals surface area contributed by atoms with Crippen molar-refractivity contribution in [2.45, 2.75) is 52.2 Å². The number of hydrogen-bond acceptors (Lipinski definition) is 4. The van der Waals surface area contributed by atoms with E-state index in [-0.39, 0.29) is 11.6 Å². The van der Waals surface area contributed by atoms with Crippen molar-refractivity contribution in [3.05, 3.63) is 38.9 Å². The summed E-state index contributed by atoms with van der Waals surface area (Å²) in [5, 5.41) is 4.18. The molecule has 6 heteroatoms. The molecular formula is C19H27BrN4O. The van der Waals surface area contributed by atoms with E-state index in [0.717, 1.165) is 48.3 Å². The summed E-state index contributed by atoms with van der Waals surface area (Å²) in [5.41, 5.74) is 0.852. The predicted molar refractivity (Wildman–Crippen MR) is 106 cm³/mol. The van der Waals surface area contributed by atoms with E-state index in [1.54, 1.807) is 0 Å². The van der Waals surface area contributed by atoms with Crippen LogP contribution in [0.3, 0.4) is 0 Å². The summed E-state index contributed by atoms with van der Waals surface area (Å²) in [6, 6.07) is 6.42. The lowest BCUT2D eigenvalue weighted by Gasteiger charge is -2.38. The van der Waals surface area contributed by atoms with Gasteiger partial charge in [0.05, 0.1) is 16.9 Å². The summed E-state index contributed by atoms with van der Waals surface area (Å²) in [7, 11) is 0. The van der Waals surface area contributed by atoms with E-state index in [9.17, 15) is 4.79 Å². The molecule has 136 valence electrons. The zero-order chi connectivity index (χ0) is 18.0. The average molecular weight is 407 g/mol. The van der Waals surface area contributed by atoms with E-state index in [0.29, 0.717) is 18.0 Å². The highest BCUT2D eigenvalue weighted by Gasteiger charge is 2.28. The van der Waals surface area contributed by atoms with E-state index in [2.05, 4.69) is 40.0 Å². The zero-order valence-corrected chi connectivity index (χ0v) is 16.8. The first kappa shape index (κ1) is 18.5. The van der Waals surface area contributed by atoms with Gasteiger partial charge in [0.25, 0.3) is 5.56 Å². The molecular weight excluding hydrogens is 380 g/mol. The molecule has 1 aliphatic heterocycles. The Morgan fingerprint density at radius 2 is 2.20 bits per heavy atom. The molecule has 0 amide bonds. The zero-order valence-electron chi connectivity index (χ0n) is 15.3. The van der Waals surface area contributed by atoms with Crippen LogP contribution in [0.2, 0.25) is 0 Å². The molecule has 0 bridgehead atoms. The molecule has 1 aliphatic rings. The van der Waals surface area contributed by atoms with Gasteiger partial charge < -0.3 is 5.32 Å². The molecule has 2 aromatic rings. The predicted octanol–water partition coefficient (Wildman–Crippen LogP) is 3.31. The number of fused-ring (bicyclic) bond motifs is 1. The Kier molecular flexibility index (Phi) is 5.92. The minimum atomic E-state index is 0.0630. The van der Waals surface area contributed by atoms with Crippen LogP contribution in [0.1, 0.15) is 45.5 Å². The van der Waals surface area contributed by atoms with Gasteiger partial charge in [-0.3, -0.25) is 14.3 Å². The Hall–Kier alpha value is -1.24. The van der Waals surface area contributed by atoms with Crippen LogP contribution in [0.4, 0.5) is 0 Å². The number of nitrogens with zero attached hydrogens (tertiary/aromatic N) is 3. The summed E-state index contributed by atoms with van der Waals surface area (Å²) in [4.78, 5) is 20.5. The third-order valence-electron chi connectivity index (χ3n) is 4.96. The summed E-state index contributed by atoms with van der Waals surface area (Å²) < 4.78 is 2.78. The smallest absolute Gasteiger partial charge is 0.261 e. The maximum absolute atomic E-state index is 13.1. The van der Waals surface area contributed by atoms with Gasteiger partial charge in [0, 0.05) is 36.7 Å². The van der Waals surface area contributed by atoms with Crippen LogP contribution >= 0.6 is 15.9 Å². The van der Waals surface area contributed by atoms with Crippen LogP contribution in [0.25, 0.3) is 10.9 Å².